The quantitative estimate of drug-likeness (QED) is 0.637. The summed E-state index contributed by atoms with van der Waals surface area (Å²) in [5.74, 6) is -1.54. The average molecular weight is 318 g/mol. The summed E-state index contributed by atoms with van der Waals surface area (Å²) in [5, 5.41) is 19.1. The molecule has 2 aromatic rings. The maximum Gasteiger partial charge on any atom is 0.348 e. The Bertz CT molecular complexity index is 837. The molecule has 0 unspecified atom stereocenters. The summed E-state index contributed by atoms with van der Waals surface area (Å²) in [5.41, 5.74) is -0.0225. The molecule has 3 rings (SSSR count). The smallest absolute Gasteiger partial charge is 0.348 e. The van der Waals surface area contributed by atoms with Crippen LogP contribution >= 0.6 is 0 Å². The van der Waals surface area contributed by atoms with Crippen LogP contribution in [-0.4, -0.2) is 29.4 Å². The average Bonchev–Trinajstić information content (AvgIpc) is 2.88. The second-order valence-corrected chi connectivity index (χ2v) is 5.21. The molecule has 23 heavy (non-hydrogen) atoms. The summed E-state index contributed by atoms with van der Waals surface area (Å²) in [6, 6.07) is 5.56. The lowest BCUT2D eigenvalue weighted by Crippen LogP contribution is -2.31. The number of hydrogen-bond donors (Lipinski definition) is 2. The first-order chi connectivity index (χ1) is 10.9. The summed E-state index contributed by atoms with van der Waals surface area (Å²) in [6.07, 6.45) is -1.08. The number of methoxy groups -OCH3 is 1. The Balaban J connectivity index is 2.20. The van der Waals surface area contributed by atoms with Crippen molar-refractivity contribution in [3.63, 3.8) is 0 Å². The molecule has 7 nitrogen and oxygen atoms in total. The van der Waals surface area contributed by atoms with Crippen LogP contribution < -0.4 is 10.4 Å². The number of ether oxygens (including phenoxy) is 2. The Morgan fingerprint density at radius 2 is 1.96 bits per heavy atom. The van der Waals surface area contributed by atoms with Crippen LogP contribution in [0.3, 0.4) is 0 Å². The van der Waals surface area contributed by atoms with Crippen LogP contribution in [0.25, 0.3) is 0 Å². The van der Waals surface area contributed by atoms with Gasteiger partial charge in [0.25, 0.3) is 0 Å². The molecule has 2 N–H and O–H groups in total. The van der Waals surface area contributed by atoms with Gasteiger partial charge in [-0.05, 0) is 24.6 Å². The zero-order valence-corrected chi connectivity index (χ0v) is 12.4. The molecule has 1 aliphatic heterocycles. The third-order valence-electron chi connectivity index (χ3n) is 3.73. The van der Waals surface area contributed by atoms with Gasteiger partial charge in [0.15, 0.2) is 11.5 Å². The number of phenols is 2. The summed E-state index contributed by atoms with van der Waals surface area (Å²) in [7, 11) is 1.22. The molecule has 0 saturated heterocycles. The van der Waals surface area contributed by atoms with E-state index in [9.17, 15) is 19.8 Å². The summed E-state index contributed by atoms with van der Waals surface area (Å²) in [6.45, 7) is 1.60. The summed E-state index contributed by atoms with van der Waals surface area (Å²) in [4.78, 5) is 24.2. The fourth-order valence-electron chi connectivity index (χ4n) is 2.70. The van der Waals surface area contributed by atoms with Gasteiger partial charge in [0.1, 0.15) is 11.5 Å². The molecular formula is C16H14O7. The fraction of sp³-hybridized carbons (Fsp3) is 0.250. The monoisotopic (exact) mass is 318 g/mol. The van der Waals surface area contributed by atoms with Gasteiger partial charge in [0.05, 0.1) is 18.6 Å². The van der Waals surface area contributed by atoms with Crippen LogP contribution in [-0.2, 0) is 9.53 Å². The number of rotatable bonds is 2. The van der Waals surface area contributed by atoms with E-state index in [1.54, 1.807) is 6.92 Å². The Kier molecular flexibility index (Phi) is 3.48. The molecule has 0 aliphatic carbocycles. The Morgan fingerprint density at radius 3 is 2.61 bits per heavy atom. The first-order valence-corrected chi connectivity index (χ1v) is 6.83. The van der Waals surface area contributed by atoms with E-state index in [0.717, 1.165) is 0 Å². The van der Waals surface area contributed by atoms with E-state index in [-0.39, 0.29) is 22.8 Å². The lowest BCUT2D eigenvalue weighted by atomic mass is 9.88. The first kappa shape index (κ1) is 15.0. The number of esters is 1. The number of aromatic hydroxyl groups is 2. The van der Waals surface area contributed by atoms with Crippen LogP contribution in [0.2, 0.25) is 0 Å². The molecule has 0 radical (unpaired) electrons. The molecule has 2 heterocycles. The molecule has 0 fully saturated rings. The largest absolute Gasteiger partial charge is 0.504 e. The van der Waals surface area contributed by atoms with Gasteiger partial charge < -0.3 is 24.1 Å². The molecule has 120 valence electrons. The Labute approximate surface area is 130 Å². The van der Waals surface area contributed by atoms with E-state index < -0.39 is 23.6 Å². The van der Waals surface area contributed by atoms with Gasteiger partial charge >= 0.3 is 11.6 Å². The summed E-state index contributed by atoms with van der Waals surface area (Å²) >= 11 is 0. The lowest BCUT2D eigenvalue weighted by molar-refractivity contribution is -0.148. The second kappa shape index (κ2) is 5.35. The predicted octanol–water partition coefficient (Wildman–Crippen LogP) is 1.43. The van der Waals surface area contributed by atoms with Crippen LogP contribution in [0.15, 0.2) is 33.5 Å². The highest BCUT2D eigenvalue weighted by molar-refractivity contribution is 5.79. The maximum atomic E-state index is 12.2. The normalized spacial score (nSPS) is 19.0. The molecule has 0 saturated carbocycles. The van der Waals surface area contributed by atoms with E-state index in [2.05, 4.69) is 0 Å². The number of phenolic OH excluding ortho intramolecular Hbond substituents is 2. The molecule has 2 atom stereocenters. The molecule has 1 aliphatic rings. The van der Waals surface area contributed by atoms with E-state index in [0.29, 0.717) is 11.3 Å². The van der Waals surface area contributed by atoms with Gasteiger partial charge in [-0.1, -0.05) is 6.07 Å². The van der Waals surface area contributed by atoms with Crippen LogP contribution in [0.4, 0.5) is 0 Å². The number of benzene rings is 1. The lowest BCUT2D eigenvalue weighted by Gasteiger charge is -2.17. The third kappa shape index (κ3) is 2.40. The zero-order valence-electron chi connectivity index (χ0n) is 12.4. The SMILES string of the molecule is COC(=O)[C@@H]1Oc2cc(C)oc(=O)c2[C@H]1c1ccc(O)c(O)c1. The number of hydrogen-bond acceptors (Lipinski definition) is 7. The van der Waals surface area contributed by atoms with Gasteiger partial charge in [-0.2, -0.15) is 0 Å². The molecule has 0 spiro atoms. The minimum absolute atomic E-state index is 0.177. The van der Waals surface area contributed by atoms with Gasteiger partial charge in [0, 0.05) is 6.07 Å². The van der Waals surface area contributed by atoms with Crippen molar-refractivity contribution in [3.05, 3.63) is 51.6 Å². The second-order valence-electron chi connectivity index (χ2n) is 5.21. The van der Waals surface area contributed by atoms with Crippen LogP contribution in [0.1, 0.15) is 22.8 Å². The standard InChI is InChI=1S/C16H14O7/c1-7-5-11-13(15(19)22-7)12(14(23-11)16(20)21-2)8-3-4-9(17)10(18)6-8/h3-6,12,14,17-18H,1-2H3/t12-,14-/m1/s1. The van der Waals surface area contributed by atoms with Crippen molar-refractivity contribution in [1.29, 1.82) is 0 Å². The Morgan fingerprint density at radius 1 is 1.22 bits per heavy atom. The highest BCUT2D eigenvalue weighted by Crippen LogP contribution is 2.42. The van der Waals surface area contributed by atoms with Crippen molar-refractivity contribution in [2.75, 3.05) is 7.11 Å². The highest BCUT2D eigenvalue weighted by Gasteiger charge is 2.44. The van der Waals surface area contributed by atoms with Crippen LogP contribution in [0.5, 0.6) is 17.2 Å². The van der Waals surface area contributed by atoms with Crippen molar-refractivity contribution in [2.24, 2.45) is 0 Å². The predicted molar refractivity (Wildman–Crippen MR) is 77.8 cm³/mol. The molecule has 7 heteroatoms. The maximum absolute atomic E-state index is 12.2. The third-order valence-corrected chi connectivity index (χ3v) is 3.73. The van der Waals surface area contributed by atoms with Gasteiger partial charge in [-0.15, -0.1) is 0 Å². The Hall–Kier alpha value is -2.96. The van der Waals surface area contributed by atoms with Crippen molar-refractivity contribution < 1.29 is 28.9 Å². The summed E-state index contributed by atoms with van der Waals surface area (Å²) < 4.78 is 15.4. The van der Waals surface area contributed by atoms with E-state index in [1.807, 2.05) is 0 Å². The van der Waals surface area contributed by atoms with E-state index >= 15 is 0 Å². The van der Waals surface area contributed by atoms with Crippen molar-refractivity contribution in [1.82, 2.24) is 0 Å². The van der Waals surface area contributed by atoms with E-state index in [4.69, 9.17) is 13.9 Å². The number of carbonyl (C=O) groups is 1. The molecule has 0 bridgehead atoms. The topological polar surface area (TPSA) is 106 Å². The van der Waals surface area contributed by atoms with Crippen molar-refractivity contribution >= 4 is 5.97 Å². The highest BCUT2D eigenvalue weighted by atomic mass is 16.6. The van der Waals surface area contributed by atoms with E-state index in [1.165, 1.54) is 31.4 Å². The minimum Gasteiger partial charge on any atom is -0.504 e. The molecule has 0 amide bonds. The number of aryl methyl sites for hydroxylation is 1. The fourth-order valence-corrected chi connectivity index (χ4v) is 2.70. The molecular weight excluding hydrogens is 304 g/mol. The molecule has 1 aromatic heterocycles. The minimum atomic E-state index is -1.08. The van der Waals surface area contributed by atoms with Crippen LogP contribution in [0, 0.1) is 6.92 Å². The number of fused-ring (bicyclic) bond motifs is 1. The molecule has 1 aromatic carbocycles. The van der Waals surface area contributed by atoms with Gasteiger partial charge in [-0.3, -0.25) is 0 Å². The first-order valence-electron chi connectivity index (χ1n) is 6.83. The van der Waals surface area contributed by atoms with Crippen molar-refractivity contribution in [2.45, 2.75) is 18.9 Å². The van der Waals surface area contributed by atoms with Crippen molar-refractivity contribution in [3.8, 4) is 17.2 Å². The number of carbonyl (C=O) groups excluding carboxylic acids is 1. The van der Waals surface area contributed by atoms with Gasteiger partial charge in [-0.25, -0.2) is 9.59 Å². The van der Waals surface area contributed by atoms with Gasteiger partial charge in [0.2, 0.25) is 6.10 Å². The zero-order chi connectivity index (χ0) is 16.7.